The number of rotatable bonds is 7. The Morgan fingerprint density at radius 2 is 1.70 bits per heavy atom. The number of aryl methyl sites for hydroxylation is 2. The number of carbonyl (C=O) groups excluding carboxylic acids is 2. The van der Waals surface area contributed by atoms with Crippen molar-refractivity contribution in [1.29, 1.82) is 0 Å². The fraction of sp³-hybridized carbons (Fsp3) is 0.125. The Balaban J connectivity index is 1.46. The fourth-order valence-corrected chi connectivity index (χ4v) is 5.01. The third kappa shape index (κ3) is 6.48. The average molecular weight is 626 g/mol. The largest absolute Gasteiger partial charge is 0.457 e. The standard InChI is InChI=1S/C32H24Cl2F3N3O3/c1-18-7-9-19(10-8-18)30(41)39-26(31(42)38-17-24-22-5-3-4-6-27(22)40(2)29(24)34)16-21-12-14-28(43-21)23-15-20(32(35,36)37)11-13-25(23)33/h3-16H,17H2,1-2H3,(H,38,42)(H,39,41). The summed E-state index contributed by atoms with van der Waals surface area (Å²) in [5.74, 6) is -1.03. The van der Waals surface area contributed by atoms with Crippen LogP contribution in [0.5, 0.6) is 0 Å². The Bertz CT molecular complexity index is 1870. The molecule has 11 heteroatoms. The van der Waals surface area contributed by atoms with Crippen LogP contribution in [0.25, 0.3) is 28.3 Å². The van der Waals surface area contributed by atoms with Gasteiger partial charge in [-0.2, -0.15) is 13.2 Å². The van der Waals surface area contributed by atoms with Gasteiger partial charge < -0.3 is 19.6 Å². The number of alkyl halides is 3. The molecule has 0 unspecified atom stereocenters. The van der Waals surface area contributed by atoms with Gasteiger partial charge in [-0.25, -0.2) is 0 Å². The van der Waals surface area contributed by atoms with Gasteiger partial charge in [-0.15, -0.1) is 0 Å². The number of carbonyl (C=O) groups is 2. The number of hydrogen-bond acceptors (Lipinski definition) is 3. The summed E-state index contributed by atoms with van der Waals surface area (Å²) in [6, 6.07) is 20.1. The van der Waals surface area contributed by atoms with Crippen LogP contribution in [0.3, 0.4) is 0 Å². The van der Waals surface area contributed by atoms with Gasteiger partial charge in [0.05, 0.1) is 10.6 Å². The summed E-state index contributed by atoms with van der Waals surface area (Å²) in [5.41, 5.74) is 1.83. The molecule has 0 aliphatic heterocycles. The molecular formula is C32H24Cl2F3N3O3. The molecule has 0 fully saturated rings. The molecule has 5 rings (SSSR count). The third-order valence-corrected chi connectivity index (χ3v) is 7.65. The highest BCUT2D eigenvalue weighted by Gasteiger charge is 2.31. The molecule has 2 heterocycles. The lowest BCUT2D eigenvalue weighted by Gasteiger charge is -2.11. The minimum Gasteiger partial charge on any atom is -0.457 e. The van der Waals surface area contributed by atoms with Gasteiger partial charge >= 0.3 is 6.18 Å². The number of amides is 2. The van der Waals surface area contributed by atoms with Gasteiger partial charge in [0.25, 0.3) is 11.8 Å². The first kappa shape index (κ1) is 30.0. The van der Waals surface area contributed by atoms with E-state index >= 15 is 0 Å². The summed E-state index contributed by atoms with van der Waals surface area (Å²) >= 11 is 12.7. The van der Waals surface area contributed by atoms with E-state index in [1.807, 2.05) is 38.2 Å². The second-order valence-electron chi connectivity index (χ2n) is 9.80. The fourth-order valence-electron chi connectivity index (χ4n) is 4.54. The Morgan fingerprint density at radius 1 is 0.977 bits per heavy atom. The van der Waals surface area contributed by atoms with Crippen LogP contribution in [0.15, 0.2) is 89.0 Å². The maximum Gasteiger partial charge on any atom is 0.416 e. The van der Waals surface area contributed by atoms with Crippen molar-refractivity contribution in [3.8, 4) is 11.3 Å². The Morgan fingerprint density at radius 3 is 2.42 bits per heavy atom. The SMILES string of the molecule is Cc1ccc(C(=O)NC(=Cc2ccc(-c3cc(C(F)(F)F)ccc3Cl)o2)C(=O)NCc2c(Cl)n(C)c3ccccc23)cc1. The van der Waals surface area contributed by atoms with Crippen LogP contribution in [-0.4, -0.2) is 16.4 Å². The van der Waals surface area contributed by atoms with E-state index in [9.17, 15) is 22.8 Å². The van der Waals surface area contributed by atoms with E-state index in [0.29, 0.717) is 16.3 Å². The molecule has 0 radical (unpaired) electrons. The predicted octanol–water partition coefficient (Wildman–Crippen LogP) is 8.16. The normalized spacial score (nSPS) is 12.0. The molecule has 2 N–H and O–H groups in total. The molecule has 5 aromatic rings. The maximum atomic E-state index is 13.5. The number of para-hydroxylation sites is 1. The first-order chi connectivity index (χ1) is 20.4. The summed E-state index contributed by atoms with van der Waals surface area (Å²) in [6.07, 6.45) is -3.29. The summed E-state index contributed by atoms with van der Waals surface area (Å²) in [5, 5.41) is 6.78. The van der Waals surface area contributed by atoms with Crippen LogP contribution in [0.2, 0.25) is 10.2 Å². The van der Waals surface area contributed by atoms with E-state index < -0.39 is 23.6 Å². The zero-order valence-electron chi connectivity index (χ0n) is 22.9. The number of hydrogen-bond donors (Lipinski definition) is 2. The van der Waals surface area contributed by atoms with Gasteiger partial charge in [0, 0.05) is 47.3 Å². The van der Waals surface area contributed by atoms with Gasteiger partial charge in [0.1, 0.15) is 22.4 Å². The monoisotopic (exact) mass is 625 g/mol. The van der Waals surface area contributed by atoms with Crippen molar-refractivity contribution in [3.05, 3.63) is 123 Å². The van der Waals surface area contributed by atoms with Crippen LogP contribution < -0.4 is 10.6 Å². The lowest BCUT2D eigenvalue weighted by Crippen LogP contribution is -2.34. The second-order valence-corrected chi connectivity index (χ2v) is 10.6. The number of benzene rings is 3. The minimum atomic E-state index is -4.58. The van der Waals surface area contributed by atoms with Crippen molar-refractivity contribution in [2.45, 2.75) is 19.6 Å². The Kier molecular flexibility index (Phi) is 8.39. The molecule has 6 nitrogen and oxygen atoms in total. The number of furan rings is 1. The summed E-state index contributed by atoms with van der Waals surface area (Å²) in [6.45, 7) is 1.93. The zero-order valence-corrected chi connectivity index (χ0v) is 24.4. The smallest absolute Gasteiger partial charge is 0.416 e. The van der Waals surface area contributed by atoms with Crippen molar-refractivity contribution in [2.75, 3.05) is 0 Å². The molecular weight excluding hydrogens is 602 g/mol. The molecule has 2 amide bonds. The number of nitrogens with one attached hydrogen (secondary N) is 2. The minimum absolute atomic E-state index is 0.0245. The first-order valence-corrected chi connectivity index (χ1v) is 13.7. The van der Waals surface area contributed by atoms with Crippen LogP contribution in [0.4, 0.5) is 13.2 Å². The predicted molar refractivity (Wildman–Crippen MR) is 161 cm³/mol. The van der Waals surface area contributed by atoms with Crippen molar-refractivity contribution >= 4 is 52.0 Å². The number of nitrogens with zero attached hydrogens (tertiary/aromatic N) is 1. The maximum absolute atomic E-state index is 13.5. The second kappa shape index (κ2) is 12.0. The molecule has 0 aliphatic carbocycles. The first-order valence-electron chi connectivity index (χ1n) is 13.0. The molecule has 43 heavy (non-hydrogen) atoms. The molecule has 0 atom stereocenters. The topological polar surface area (TPSA) is 76.3 Å². The van der Waals surface area contributed by atoms with Crippen LogP contribution >= 0.6 is 23.2 Å². The summed E-state index contributed by atoms with van der Waals surface area (Å²) < 4.78 is 47.4. The molecule has 3 aromatic carbocycles. The molecule has 0 spiro atoms. The Hall–Kier alpha value is -4.47. The molecule has 0 saturated heterocycles. The summed E-state index contributed by atoms with van der Waals surface area (Å²) in [7, 11) is 1.81. The van der Waals surface area contributed by atoms with Crippen LogP contribution in [0, 0.1) is 6.92 Å². The lowest BCUT2D eigenvalue weighted by molar-refractivity contribution is -0.137. The molecule has 0 saturated carbocycles. The van der Waals surface area contributed by atoms with E-state index in [1.165, 1.54) is 18.2 Å². The van der Waals surface area contributed by atoms with E-state index in [2.05, 4.69) is 10.6 Å². The highest BCUT2D eigenvalue weighted by molar-refractivity contribution is 6.33. The number of fused-ring (bicyclic) bond motifs is 1. The van der Waals surface area contributed by atoms with Crippen molar-refractivity contribution < 1.29 is 27.2 Å². The highest BCUT2D eigenvalue weighted by Crippen LogP contribution is 2.37. The molecule has 0 aliphatic rings. The third-order valence-electron chi connectivity index (χ3n) is 6.84. The van der Waals surface area contributed by atoms with Crippen molar-refractivity contribution in [1.82, 2.24) is 15.2 Å². The Labute approximate surface area is 254 Å². The van der Waals surface area contributed by atoms with Gasteiger partial charge in [0.15, 0.2) is 0 Å². The van der Waals surface area contributed by atoms with Crippen molar-refractivity contribution in [2.24, 2.45) is 7.05 Å². The number of halogens is 5. The van der Waals surface area contributed by atoms with E-state index in [4.69, 9.17) is 27.6 Å². The van der Waals surface area contributed by atoms with Gasteiger partial charge in [-0.3, -0.25) is 9.59 Å². The van der Waals surface area contributed by atoms with E-state index in [-0.39, 0.29) is 34.3 Å². The lowest BCUT2D eigenvalue weighted by atomic mass is 10.1. The molecule has 2 aromatic heterocycles. The van der Waals surface area contributed by atoms with E-state index in [0.717, 1.165) is 34.7 Å². The van der Waals surface area contributed by atoms with Gasteiger partial charge in [-0.05, 0) is 55.5 Å². The van der Waals surface area contributed by atoms with Crippen LogP contribution in [0.1, 0.15) is 32.8 Å². The zero-order chi connectivity index (χ0) is 30.9. The average Bonchev–Trinajstić information content (AvgIpc) is 3.53. The van der Waals surface area contributed by atoms with Gasteiger partial charge in [0.2, 0.25) is 0 Å². The summed E-state index contributed by atoms with van der Waals surface area (Å²) in [4.78, 5) is 26.5. The quantitative estimate of drug-likeness (QED) is 0.179. The van der Waals surface area contributed by atoms with E-state index in [1.54, 1.807) is 28.8 Å². The van der Waals surface area contributed by atoms with Gasteiger partial charge in [-0.1, -0.05) is 59.1 Å². The van der Waals surface area contributed by atoms with Crippen LogP contribution in [-0.2, 0) is 24.6 Å². The number of aromatic nitrogens is 1. The van der Waals surface area contributed by atoms with Crippen molar-refractivity contribution in [3.63, 3.8) is 0 Å². The molecule has 0 bridgehead atoms. The molecule has 220 valence electrons. The highest BCUT2D eigenvalue weighted by atomic mass is 35.5.